The molecule has 0 radical (unpaired) electrons. The molecule has 0 bridgehead atoms. The molecule has 2 rings (SSSR count). The molecular weight excluding hydrogens is 382 g/mol. The van der Waals surface area contributed by atoms with Gasteiger partial charge >= 0.3 is 11.8 Å². The summed E-state index contributed by atoms with van der Waals surface area (Å²) in [4.78, 5) is 36.8. The van der Waals surface area contributed by atoms with E-state index >= 15 is 0 Å². The van der Waals surface area contributed by atoms with E-state index in [1.165, 1.54) is 0 Å². The van der Waals surface area contributed by atoms with E-state index in [2.05, 4.69) is 16.0 Å². The highest BCUT2D eigenvalue weighted by atomic mass is 16.5. The summed E-state index contributed by atoms with van der Waals surface area (Å²) >= 11 is 0. The summed E-state index contributed by atoms with van der Waals surface area (Å²) in [6.07, 6.45) is 0.729. The number of anilines is 1. The molecule has 160 valence electrons. The second-order valence-electron chi connectivity index (χ2n) is 7.14. The van der Waals surface area contributed by atoms with Gasteiger partial charge in [-0.15, -0.1) is 0 Å². The van der Waals surface area contributed by atoms with Gasteiger partial charge in [0.2, 0.25) is 0 Å². The third-order valence-corrected chi connectivity index (χ3v) is 4.38. The van der Waals surface area contributed by atoms with Gasteiger partial charge in [0, 0.05) is 19.7 Å². The topological polar surface area (TPSA) is 96.5 Å². The van der Waals surface area contributed by atoms with Crippen LogP contribution in [0.3, 0.4) is 0 Å². The third-order valence-electron chi connectivity index (χ3n) is 4.38. The van der Waals surface area contributed by atoms with Crippen molar-refractivity contribution in [1.82, 2.24) is 10.6 Å². The predicted molar refractivity (Wildman–Crippen MR) is 116 cm³/mol. The summed E-state index contributed by atoms with van der Waals surface area (Å²) in [5.74, 6) is -1.91. The number of aryl methyl sites for hydroxylation is 1. The molecule has 0 spiro atoms. The number of ether oxygens (including phenoxy) is 1. The fraction of sp³-hybridized carbons (Fsp3) is 0.348. The average Bonchev–Trinajstić information content (AvgIpc) is 2.72. The SMILES string of the molecule is Cc1ccccc1CNC(=O)c1ccccc1NC(=O)C(=O)NCCCOC(C)C. The molecule has 0 aliphatic carbocycles. The van der Waals surface area contributed by atoms with Crippen LogP contribution in [0.25, 0.3) is 0 Å². The van der Waals surface area contributed by atoms with Gasteiger partial charge in [0.15, 0.2) is 0 Å². The van der Waals surface area contributed by atoms with Crippen molar-refractivity contribution < 1.29 is 19.1 Å². The van der Waals surface area contributed by atoms with Crippen molar-refractivity contribution in [3.63, 3.8) is 0 Å². The molecule has 0 aromatic heterocycles. The van der Waals surface area contributed by atoms with Gasteiger partial charge in [-0.05, 0) is 50.5 Å². The first kappa shape index (κ1) is 23.1. The molecule has 2 aromatic rings. The van der Waals surface area contributed by atoms with E-state index in [4.69, 9.17) is 4.74 Å². The first-order valence-corrected chi connectivity index (χ1v) is 10.0. The van der Waals surface area contributed by atoms with Crippen molar-refractivity contribution in [2.24, 2.45) is 0 Å². The van der Waals surface area contributed by atoms with Gasteiger partial charge in [0.05, 0.1) is 17.4 Å². The van der Waals surface area contributed by atoms with Gasteiger partial charge in [0.1, 0.15) is 0 Å². The van der Waals surface area contributed by atoms with E-state index in [-0.39, 0.29) is 23.3 Å². The molecule has 0 fully saturated rings. The molecule has 2 aromatic carbocycles. The molecule has 0 saturated heterocycles. The summed E-state index contributed by atoms with van der Waals surface area (Å²) < 4.78 is 5.39. The molecule has 0 aliphatic heterocycles. The third kappa shape index (κ3) is 7.33. The Balaban J connectivity index is 1.90. The molecule has 0 heterocycles. The Labute approximate surface area is 177 Å². The highest BCUT2D eigenvalue weighted by molar-refractivity contribution is 6.40. The Morgan fingerprint density at radius 2 is 1.63 bits per heavy atom. The predicted octanol–water partition coefficient (Wildman–Crippen LogP) is 2.79. The molecule has 30 heavy (non-hydrogen) atoms. The summed E-state index contributed by atoms with van der Waals surface area (Å²) in [5.41, 5.74) is 2.66. The molecule has 7 nitrogen and oxygen atoms in total. The Morgan fingerprint density at radius 3 is 2.37 bits per heavy atom. The fourth-order valence-corrected chi connectivity index (χ4v) is 2.72. The minimum absolute atomic E-state index is 0.123. The second-order valence-corrected chi connectivity index (χ2v) is 7.14. The number of hydrogen-bond acceptors (Lipinski definition) is 4. The van der Waals surface area contributed by atoms with Crippen LogP contribution in [0, 0.1) is 6.92 Å². The van der Waals surface area contributed by atoms with Crippen LogP contribution >= 0.6 is 0 Å². The van der Waals surface area contributed by atoms with E-state index in [1.807, 2.05) is 45.0 Å². The minimum Gasteiger partial charge on any atom is -0.379 e. The number of rotatable bonds is 9. The maximum atomic E-state index is 12.6. The van der Waals surface area contributed by atoms with Crippen LogP contribution in [-0.2, 0) is 20.9 Å². The van der Waals surface area contributed by atoms with Gasteiger partial charge in [0.25, 0.3) is 5.91 Å². The Hall–Kier alpha value is -3.19. The standard InChI is InChI=1S/C23H29N3O4/c1-16(2)30-14-8-13-24-22(28)23(29)26-20-12-7-6-11-19(20)21(27)25-15-18-10-5-4-9-17(18)3/h4-7,9-12,16H,8,13-15H2,1-3H3,(H,24,28)(H,25,27)(H,26,29). The number of carbonyl (C=O) groups is 3. The lowest BCUT2D eigenvalue weighted by atomic mass is 10.1. The molecule has 3 amide bonds. The van der Waals surface area contributed by atoms with Crippen molar-refractivity contribution in [3.05, 3.63) is 65.2 Å². The molecule has 0 saturated carbocycles. The molecule has 0 atom stereocenters. The first-order valence-electron chi connectivity index (χ1n) is 10.0. The maximum absolute atomic E-state index is 12.6. The van der Waals surface area contributed by atoms with Crippen LogP contribution in [0.5, 0.6) is 0 Å². The van der Waals surface area contributed by atoms with Gasteiger partial charge in [-0.1, -0.05) is 36.4 Å². The molecule has 3 N–H and O–H groups in total. The van der Waals surface area contributed by atoms with Crippen molar-refractivity contribution in [1.29, 1.82) is 0 Å². The molecule has 0 unspecified atom stereocenters. The average molecular weight is 412 g/mol. The summed E-state index contributed by atoms with van der Waals surface area (Å²) in [6, 6.07) is 14.4. The Bertz CT molecular complexity index is 880. The van der Waals surface area contributed by atoms with E-state index < -0.39 is 11.8 Å². The first-order chi connectivity index (χ1) is 14.4. The lowest BCUT2D eigenvalue weighted by molar-refractivity contribution is -0.136. The van der Waals surface area contributed by atoms with E-state index in [1.54, 1.807) is 24.3 Å². The number of benzene rings is 2. The molecule has 0 aliphatic rings. The number of hydrogen-bond donors (Lipinski definition) is 3. The zero-order valence-corrected chi connectivity index (χ0v) is 17.7. The van der Waals surface area contributed by atoms with Gasteiger partial charge in [-0.25, -0.2) is 0 Å². The monoisotopic (exact) mass is 411 g/mol. The zero-order valence-electron chi connectivity index (χ0n) is 17.7. The van der Waals surface area contributed by atoms with Crippen molar-refractivity contribution >= 4 is 23.4 Å². The van der Waals surface area contributed by atoms with Gasteiger partial charge < -0.3 is 20.7 Å². The number of para-hydroxylation sites is 1. The van der Waals surface area contributed by atoms with Crippen LogP contribution in [-0.4, -0.2) is 37.0 Å². The van der Waals surface area contributed by atoms with Crippen molar-refractivity contribution in [2.75, 3.05) is 18.5 Å². The van der Waals surface area contributed by atoms with Crippen LogP contribution in [0.2, 0.25) is 0 Å². The van der Waals surface area contributed by atoms with Gasteiger partial charge in [-0.3, -0.25) is 14.4 Å². The lowest BCUT2D eigenvalue weighted by Crippen LogP contribution is -2.36. The largest absolute Gasteiger partial charge is 0.379 e. The summed E-state index contributed by atoms with van der Waals surface area (Å²) in [6.45, 7) is 7.04. The normalized spacial score (nSPS) is 10.5. The quantitative estimate of drug-likeness (QED) is 0.437. The molecular formula is C23H29N3O4. The van der Waals surface area contributed by atoms with Crippen molar-refractivity contribution in [3.8, 4) is 0 Å². The summed E-state index contributed by atoms with van der Waals surface area (Å²) in [5, 5.41) is 7.91. The van der Waals surface area contributed by atoms with Crippen molar-refractivity contribution in [2.45, 2.75) is 39.8 Å². The zero-order chi connectivity index (χ0) is 21.9. The van der Waals surface area contributed by atoms with Crippen LogP contribution in [0.15, 0.2) is 48.5 Å². The second kappa shape index (κ2) is 11.7. The number of nitrogens with one attached hydrogen (secondary N) is 3. The maximum Gasteiger partial charge on any atom is 0.313 e. The number of amides is 3. The van der Waals surface area contributed by atoms with Crippen LogP contribution < -0.4 is 16.0 Å². The Kier molecular flexibility index (Phi) is 9.03. The molecule has 7 heteroatoms. The highest BCUT2D eigenvalue weighted by Gasteiger charge is 2.17. The summed E-state index contributed by atoms with van der Waals surface area (Å²) in [7, 11) is 0. The Morgan fingerprint density at radius 1 is 0.933 bits per heavy atom. The smallest absolute Gasteiger partial charge is 0.313 e. The van der Waals surface area contributed by atoms with Crippen LogP contribution in [0.4, 0.5) is 5.69 Å². The van der Waals surface area contributed by atoms with E-state index in [9.17, 15) is 14.4 Å². The van der Waals surface area contributed by atoms with Crippen LogP contribution in [0.1, 0.15) is 41.8 Å². The minimum atomic E-state index is -0.820. The van der Waals surface area contributed by atoms with Gasteiger partial charge in [-0.2, -0.15) is 0 Å². The lowest BCUT2D eigenvalue weighted by Gasteiger charge is -2.12. The highest BCUT2D eigenvalue weighted by Crippen LogP contribution is 2.15. The fourth-order valence-electron chi connectivity index (χ4n) is 2.72. The van der Waals surface area contributed by atoms with E-state index in [0.29, 0.717) is 26.1 Å². The number of carbonyl (C=O) groups excluding carboxylic acids is 3. The van der Waals surface area contributed by atoms with E-state index in [0.717, 1.165) is 11.1 Å².